The Morgan fingerprint density at radius 1 is 1.12 bits per heavy atom. The Labute approximate surface area is 245 Å². The molecule has 1 aromatic heterocycles. The maximum Gasteiger partial charge on any atom is 0.260 e. The molecule has 2 aliphatic rings. The average molecular weight is 619 g/mol. The van der Waals surface area contributed by atoms with E-state index in [-0.39, 0.29) is 12.5 Å². The van der Waals surface area contributed by atoms with Crippen molar-refractivity contribution in [3.63, 3.8) is 0 Å². The van der Waals surface area contributed by atoms with Gasteiger partial charge in [-0.3, -0.25) is 4.79 Å². The quantitative estimate of drug-likeness (QED) is 0.244. The highest BCUT2D eigenvalue weighted by atomic mass is 79.9. The van der Waals surface area contributed by atoms with E-state index in [1.165, 1.54) is 0 Å². The summed E-state index contributed by atoms with van der Waals surface area (Å²) in [6, 6.07) is 23.4. The van der Waals surface area contributed by atoms with Gasteiger partial charge in [-0.25, -0.2) is 9.98 Å². The Bertz CT molecular complexity index is 1550. The van der Waals surface area contributed by atoms with Gasteiger partial charge in [0, 0.05) is 40.6 Å². The molecule has 2 aliphatic heterocycles. The highest BCUT2D eigenvalue weighted by Gasteiger charge is 2.57. The van der Waals surface area contributed by atoms with E-state index in [4.69, 9.17) is 19.6 Å². The number of halogens is 1. The lowest BCUT2D eigenvalue weighted by Crippen LogP contribution is -2.55. The lowest BCUT2D eigenvalue weighted by Gasteiger charge is -2.40. The number of anilines is 1. The first kappa shape index (κ1) is 26.7. The number of aromatic nitrogens is 1. The van der Waals surface area contributed by atoms with Gasteiger partial charge in [-0.05, 0) is 60.5 Å². The third-order valence-electron chi connectivity index (χ3n) is 7.15. The molecule has 204 valence electrons. The molecular weight excluding hydrogens is 590 g/mol. The summed E-state index contributed by atoms with van der Waals surface area (Å²) < 4.78 is 13.2. The largest absolute Gasteiger partial charge is 0.494 e. The molecule has 6 rings (SSSR count). The summed E-state index contributed by atoms with van der Waals surface area (Å²) in [6.45, 7) is 2.85. The Morgan fingerprint density at radius 2 is 1.90 bits per heavy atom. The SMILES string of the molecule is Cc1nc(CN2C(=O)[C@@]3(Cc4ccccc42)N=C(c2ccc(OCCCO)cc2)O[C@H]3c2ccc(Br)cc2)cs1. The molecule has 3 heterocycles. The number of hydrogen-bond acceptors (Lipinski definition) is 7. The molecule has 3 aromatic carbocycles. The Morgan fingerprint density at radius 3 is 2.62 bits per heavy atom. The molecule has 7 nitrogen and oxygen atoms in total. The lowest BCUT2D eigenvalue weighted by molar-refractivity contribution is -0.127. The molecule has 0 unspecified atom stereocenters. The number of benzene rings is 3. The minimum Gasteiger partial charge on any atom is -0.494 e. The number of amides is 1. The van der Waals surface area contributed by atoms with E-state index in [2.05, 4.69) is 27.0 Å². The molecule has 0 saturated heterocycles. The van der Waals surface area contributed by atoms with Crippen LogP contribution in [0.15, 0.2) is 87.6 Å². The smallest absolute Gasteiger partial charge is 0.260 e. The maximum atomic E-state index is 14.6. The predicted molar refractivity (Wildman–Crippen MR) is 159 cm³/mol. The standard InChI is InChI=1S/C31H28BrN3O4S/c1-20-33-25(19-40-20)18-35-27-6-3-2-5-23(27)17-31(30(35)37)28(21-7-11-24(32)12-8-21)39-29(34-31)22-9-13-26(14-10-22)38-16-4-15-36/h2-3,5-14,19,28,36H,4,15-18H2,1H3/t28-,31-/m0/s1. The molecule has 0 aliphatic carbocycles. The predicted octanol–water partition coefficient (Wildman–Crippen LogP) is 6.02. The maximum absolute atomic E-state index is 14.6. The van der Waals surface area contributed by atoms with Gasteiger partial charge in [-0.1, -0.05) is 46.3 Å². The number of aliphatic hydroxyl groups is 1. The molecule has 40 heavy (non-hydrogen) atoms. The van der Waals surface area contributed by atoms with Crippen molar-refractivity contribution in [3.05, 3.63) is 110 Å². The summed E-state index contributed by atoms with van der Waals surface area (Å²) >= 11 is 5.10. The highest BCUT2D eigenvalue weighted by Crippen LogP contribution is 2.48. The second-order valence-corrected chi connectivity index (χ2v) is 11.9. The molecule has 0 bridgehead atoms. The number of ether oxygens (including phenoxy) is 2. The molecule has 9 heteroatoms. The van der Waals surface area contributed by atoms with Crippen molar-refractivity contribution in [2.75, 3.05) is 18.1 Å². The van der Waals surface area contributed by atoms with Crippen molar-refractivity contribution in [2.45, 2.75) is 38.0 Å². The van der Waals surface area contributed by atoms with Crippen molar-refractivity contribution < 1.29 is 19.4 Å². The summed E-state index contributed by atoms with van der Waals surface area (Å²) in [4.78, 5) is 26.2. The van der Waals surface area contributed by atoms with Crippen molar-refractivity contribution >= 4 is 44.8 Å². The molecule has 0 saturated carbocycles. The van der Waals surface area contributed by atoms with Crippen molar-refractivity contribution in [2.24, 2.45) is 4.99 Å². The van der Waals surface area contributed by atoms with Gasteiger partial charge in [0.05, 0.1) is 23.9 Å². The highest BCUT2D eigenvalue weighted by molar-refractivity contribution is 9.10. The van der Waals surface area contributed by atoms with E-state index < -0.39 is 11.6 Å². The van der Waals surface area contributed by atoms with Crippen LogP contribution in [0.3, 0.4) is 0 Å². The van der Waals surface area contributed by atoms with Crippen LogP contribution in [0.4, 0.5) is 5.69 Å². The van der Waals surface area contributed by atoms with E-state index in [1.54, 1.807) is 11.3 Å². The van der Waals surface area contributed by atoms with E-state index >= 15 is 0 Å². The van der Waals surface area contributed by atoms with Gasteiger partial charge in [0.1, 0.15) is 5.75 Å². The second-order valence-electron chi connectivity index (χ2n) is 9.90. The van der Waals surface area contributed by atoms with Gasteiger partial charge in [0.2, 0.25) is 5.90 Å². The van der Waals surface area contributed by atoms with Crippen LogP contribution in [-0.4, -0.2) is 40.6 Å². The fourth-order valence-corrected chi connectivity index (χ4v) is 6.13. The van der Waals surface area contributed by atoms with Gasteiger partial charge >= 0.3 is 0 Å². The second kappa shape index (κ2) is 11.2. The van der Waals surface area contributed by atoms with E-state index in [9.17, 15) is 4.79 Å². The zero-order chi connectivity index (χ0) is 27.7. The first-order valence-corrected chi connectivity index (χ1v) is 14.8. The summed E-state index contributed by atoms with van der Waals surface area (Å²) in [6.07, 6.45) is 0.369. The Balaban J connectivity index is 1.42. The van der Waals surface area contributed by atoms with Gasteiger partial charge in [-0.15, -0.1) is 11.3 Å². The van der Waals surface area contributed by atoms with E-state index in [0.29, 0.717) is 37.6 Å². The molecule has 1 spiro atoms. The minimum absolute atomic E-state index is 0.0819. The fourth-order valence-electron chi connectivity index (χ4n) is 5.26. The number of para-hydroxylation sites is 1. The number of carbonyl (C=O) groups excluding carboxylic acids is 1. The van der Waals surface area contributed by atoms with Gasteiger partial charge in [0.15, 0.2) is 11.6 Å². The third-order valence-corrected chi connectivity index (χ3v) is 8.51. The van der Waals surface area contributed by atoms with Gasteiger partial charge in [-0.2, -0.15) is 0 Å². The van der Waals surface area contributed by atoms with E-state index in [0.717, 1.165) is 37.6 Å². The molecular formula is C31H28BrN3O4S. The summed E-state index contributed by atoms with van der Waals surface area (Å²) in [5.41, 5.74) is 3.23. The monoisotopic (exact) mass is 617 g/mol. The number of carbonyl (C=O) groups is 1. The number of rotatable bonds is 8. The van der Waals surface area contributed by atoms with Crippen LogP contribution in [0, 0.1) is 6.92 Å². The minimum atomic E-state index is -1.18. The number of fused-ring (bicyclic) bond motifs is 1. The van der Waals surface area contributed by atoms with Crippen molar-refractivity contribution in [3.8, 4) is 5.75 Å². The molecule has 4 aromatic rings. The van der Waals surface area contributed by atoms with Crippen LogP contribution in [-0.2, 0) is 22.5 Å². The zero-order valence-electron chi connectivity index (χ0n) is 21.9. The summed E-state index contributed by atoms with van der Waals surface area (Å²) in [5.74, 6) is 1.01. The van der Waals surface area contributed by atoms with Crippen molar-refractivity contribution in [1.82, 2.24) is 4.98 Å². The molecule has 0 fully saturated rings. The van der Waals surface area contributed by atoms with E-state index in [1.807, 2.05) is 83.9 Å². The van der Waals surface area contributed by atoms with Crippen LogP contribution in [0.25, 0.3) is 0 Å². The fraction of sp³-hybridized carbons (Fsp3) is 0.258. The number of aliphatic hydroxyl groups excluding tert-OH is 1. The van der Waals surface area contributed by atoms with Crippen molar-refractivity contribution in [1.29, 1.82) is 0 Å². The van der Waals surface area contributed by atoms with Crippen LogP contribution in [0.1, 0.15) is 39.9 Å². The number of nitrogens with zero attached hydrogens (tertiary/aromatic N) is 3. The lowest BCUT2D eigenvalue weighted by atomic mass is 9.78. The molecule has 1 amide bonds. The Kier molecular flexibility index (Phi) is 7.44. The van der Waals surface area contributed by atoms with Crippen LogP contribution < -0.4 is 9.64 Å². The molecule has 0 radical (unpaired) electrons. The molecule has 1 N–H and O–H groups in total. The number of aryl methyl sites for hydroxylation is 1. The zero-order valence-corrected chi connectivity index (χ0v) is 24.3. The Hall–Kier alpha value is -3.53. The third kappa shape index (κ3) is 5.05. The van der Waals surface area contributed by atoms with Crippen LogP contribution in [0.5, 0.6) is 5.75 Å². The average Bonchev–Trinajstić information content (AvgIpc) is 3.56. The van der Waals surface area contributed by atoms with Crippen LogP contribution >= 0.6 is 27.3 Å². The topological polar surface area (TPSA) is 84.3 Å². The number of aliphatic imine (C=N–C) groups is 1. The normalized spacial score (nSPS) is 19.9. The first-order chi connectivity index (χ1) is 19.5. The summed E-state index contributed by atoms with van der Waals surface area (Å²) in [7, 11) is 0. The number of thiazole rings is 1. The summed E-state index contributed by atoms with van der Waals surface area (Å²) in [5, 5.41) is 12.0. The van der Waals surface area contributed by atoms with Crippen LogP contribution in [0.2, 0.25) is 0 Å². The van der Waals surface area contributed by atoms with Gasteiger partial charge < -0.3 is 19.5 Å². The molecule has 2 atom stereocenters. The number of hydrogen-bond donors (Lipinski definition) is 1. The first-order valence-electron chi connectivity index (χ1n) is 13.1. The van der Waals surface area contributed by atoms with Gasteiger partial charge in [0.25, 0.3) is 5.91 Å².